The molecule has 0 spiro atoms. The van der Waals surface area contributed by atoms with Gasteiger partial charge < -0.3 is 15.0 Å². The maximum Gasteiger partial charge on any atom is 0.335 e. The quantitative estimate of drug-likeness (QED) is 0.855. The predicted octanol–water partition coefficient (Wildman–Crippen LogP) is 0.896. The van der Waals surface area contributed by atoms with Crippen LogP contribution in [0.5, 0.6) is 0 Å². The molecule has 0 aliphatic heterocycles. The average Bonchev–Trinajstić information content (AvgIpc) is 2.75. The van der Waals surface area contributed by atoms with E-state index in [0.29, 0.717) is 24.1 Å². The molecule has 0 saturated heterocycles. The maximum atomic E-state index is 12.1. The smallest absolute Gasteiger partial charge is 0.335 e. The molecule has 2 aromatic rings. The van der Waals surface area contributed by atoms with E-state index in [-0.39, 0.29) is 18.0 Å². The van der Waals surface area contributed by atoms with Crippen molar-refractivity contribution in [3.63, 3.8) is 0 Å². The number of nitrogens with one attached hydrogen (secondary N) is 1. The van der Waals surface area contributed by atoms with Crippen LogP contribution in [0.25, 0.3) is 11.0 Å². The summed E-state index contributed by atoms with van der Waals surface area (Å²) in [5, 5.41) is 9.02. The highest BCUT2D eigenvalue weighted by atomic mass is 16.4. The van der Waals surface area contributed by atoms with Gasteiger partial charge in [-0.15, -0.1) is 0 Å². The lowest BCUT2D eigenvalue weighted by atomic mass is 10.2. The minimum atomic E-state index is -1.08. The molecule has 0 radical (unpaired) electrons. The number of imidazole rings is 1. The Hall–Kier alpha value is -2.57. The van der Waals surface area contributed by atoms with Gasteiger partial charge in [0.1, 0.15) is 6.54 Å². The lowest BCUT2D eigenvalue weighted by Crippen LogP contribution is -2.35. The first-order valence-electron chi connectivity index (χ1n) is 6.71. The number of nitrogens with zero attached hydrogens (tertiary/aromatic N) is 2. The van der Waals surface area contributed by atoms with Crippen molar-refractivity contribution >= 4 is 22.9 Å². The van der Waals surface area contributed by atoms with Gasteiger partial charge in [-0.05, 0) is 32.0 Å². The average molecular weight is 291 g/mol. The fraction of sp³-hybridized carbons (Fsp3) is 0.357. The minimum Gasteiger partial charge on any atom is -0.478 e. The molecule has 0 atom stereocenters. The van der Waals surface area contributed by atoms with Gasteiger partial charge in [-0.1, -0.05) is 0 Å². The van der Waals surface area contributed by atoms with Gasteiger partial charge in [0.15, 0.2) is 0 Å². The SMILES string of the molecule is CCN(CC)C(=O)Cn1c(=O)[nH]c2ccc(C(=O)O)cc21. The van der Waals surface area contributed by atoms with Crippen LogP contribution in [0.4, 0.5) is 0 Å². The van der Waals surface area contributed by atoms with Crippen LogP contribution in [-0.2, 0) is 11.3 Å². The van der Waals surface area contributed by atoms with E-state index < -0.39 is 11.7 Å². The summed E-state index contributed by atoms with van der Waals surface area (Å²) in [5.74, 6) is -1.25. The zero-order valence-corrected chi connectivity index (χ0v) is 11.9. The molecule has 0 saturated carbocycles. The molecule has 2 N–H and O–H groups in total. The molecule has 7 heteroatoms. The molecule has 0 unspecified atom stereocenters. The van der Waals surface area contributed by atoms with E-state index in [2.05, 4.69) is 4.98 Å². The van der Waals surface area contributed by atoms with Crippen LogP contribution in [0.3, 0.4) is 0 Å². The lowest BCUT2D eigenvalue weighted by Gasteiger charge is -2.18. The molecule has 1 heterocycles. The normalized spacial score (nSPS) is 10.8. The zero-order valence-electron chi connectivity index (χ0n) is 11.9. The van der Waals surface area contributed by atoms with Crippen molar-refractivity contribution in [3.8, 4) is 0 Å². The van der Waals surface area contributed by atoms with Gasteiger partial charge in [0, 0.05) is 13.1 Å². The second-order valence-electron chi connectivity index (χ2n) is 4.62. The Balaban J connectivity index is 2.45. The summed E-state index contributed by atoms with van der Waals surface area (Å²) in [6, 6.07) is 4.33. The maximum absolute atomic E-state index is 12.1. The van der Waals surface area contributed by atoms with E-state index in [1.54, 1.807) is 4.90 Å². The molecule has 1 aromatic heterocycles. The summed E-state index contributed by atoms with van der Waals surface area (Å²) in [6.07, 6.45) is 0. The Morgan fingerprint density at radius 1 is 1.29 bits per heavy atom. The van der Waals surface area contributed by atoms with Crippen molar-refractivity contribution in [1.82, 2.24) is 14.5 Å². The molecule has 0 fully saturated rings. The van der Waals surface area contributed by atoms with Crippen molar-refractivity contribution in [2.45, 2.75) is 20.4 Å². The van der Waals surface area contributed by atoms with Crippen LogP contribution >= 0.6 is 0 Å². The van der Waals surface area contributed by atoms with Crippen molar-refractivity contribution < 1.29 is 14.7 Å². The monoisotopic (exact) mass is 291 g/mol. The highest BCUT2D eigenvalue weighted by molar-refractivity contribution is 5.92. The molecular weight excluding hydrogens is 274 g/mol. The first-order valence-corrected chi connectivity index (χ1v) is 6.71. The minimum absolute atomic E-state index is 0.0746. The van der Waals surface area contributed by atoms with Crippen LogP contribution < -0.4 is 5.69 Å². The van der Waals surface area contributed by atoms with Crippen molar-refractivity contribution in [1.29, 1.82) is 0 Å². The number of hydrogen-bond acceptors (Lipinski definition) is 3. The van der Waals surface area contributed by atoms with E-state index >= 15 is 0 Å². The number of fused-ring (bicyclic) bond motifs is 1. The molecule has 7 nitrogen and oxygen atoms in total. The predicted molar refractivity (Wildman–Crippen MR) is 77.4 cm³/mol. The van der Waals surface area contributed by atoms with Crippen LogP contribution in [0.1, 0.15) is 24.2 Å². The highest BCUT2D eigenvalue weighted by Gasteiger charge is 2.15. The van der Waals surface area contributed by atoms with Gasteiger partial charge >= 0.3 is 11.7 Å². The number of likely N-dealkylation sites (N-methyl/N-ethyl adjacent to an activating group) is 1. The Labute approximate surface area is 120 Å². The standard InChI is InChI=1S/C14H17N3O4/c1-3-16(4-2)12(18)8-17-11-7-9(13(19)20)5-6-10(11)15-14(17)21/h5-7H,3-4,8H2,1-2H3,(H,15,21)(H,19,20). The topological polar surface area (TPSA) is 95.4 Å². The Kier molecular flexibility index (Phi) is 4.11. The number of carbonyl (C=O) groups excluding carboxylic acids is 1. The van der Waals surface area contributed by atoms with Crippen LogP contribution in [0.2, 0.25) is 0 Å². The largest absolute Gasteiger partial charge is 0.478 e. The van der Waals surface area contributed by atoms with Gasteiger partial charge in [-0.25, -0.2) is 9.59 Å². The summed E-state index contributed by atoms with van der Waals surface area (Å²) in [5.41, 5.74) is 0.580. The van der Waals surface area contributed by atoms with Crippen LogP contribution in [-0.4, -0.2) is 44.5 Å². The number of carboxylic acids is 1. The molecule has 1 aromatic carbocycles. The summed E-state index contributed by atoms with van der Waals surface area (Å²) in [6.45, 7) is 4.74. The Morgan fingerprint density at radius 2 is 1.95 bits per heavy atom. The van der Waals surface area contributed by atoms with E-state index in [1.165, 1.54) is 22.8 Å². The number of rotatable bonds is 5. The van der Waals surface area contributed by atoms with Crippen LogP contribution in [0, 0.1) is 0 Å². The van der Waals surface area contributed by atoms with Crippen molar-refractivity contribution in [2.75, 3.05) is 13.1 Å². The van der Waals surface area contributed by atoms with Crippen LogP contribution in [0.15, 0.2) is 23.0 Å². The number of aromatic carboxylic acids is 1. The third-order valence-corrected chi connectivity index (χ3v) is 3.43. The lowest BCUT2D eigenvalue weighted by molar-refractivity contribution is -0.131. The van der Waals surface area contributed by atoms with Crippen molar-refractivity contribution in [3.05, 3.63) is 34.2 Å². The number of aromatic amines is 1. The summed E-state index contributed by atoms with van der Waals surface area (Å²) >= 11 is 0. The summed E-state index contributed by atoms with van der Waals surface area (Å²) in [7, 11) is 0. The number of aromatic nitrogens is 2. The molecule has 2 rings (SSSR count). The van der Waals surface area contributed by atoms with Gasteiger partial charge in [-0.3, -0.25) is 9.36 Å². The Morgan fingerprint density at radius 3 is 2.52 bits per heavy atom. The summed E-state index contributed by atoms with van der Waals surface area (Å²) in [4.78, 5) is 39.3. The fourth-order valence-electron chi connectivity index (χ4n) is 2.25. The molecule has 0 aliphatic rings. The third kappa shape index (κ3) is 2.81. The van der Waals surface area contributed by atoms with E-state index in [4.69, 9.17) is 5.11 Å². The molecule has 112 valence electrons. The number of carbonyl (C=O) groups is 2. The number of H-pyrrole nitrogens is 1. The molecular formula is C14H17N3O4. The van der Waals surface area contributed by atoms with E-state index in [1.807, 2.05) is 13.8 Å². The van der Waals surface area contributed by atoms with Gasteiger partial charge in [0.2, 0.25) is 5.91 Å². The second kappa shape index (κ2) is 5.82. The fourth-order valence-corrected chi connectivity index (χ4v) is 2.25. The van der Waals surface area contributed by atoms with E-state index in [9.17, 15) is 14.4 Å². The second-order valence-corrected chi connectivity index (χ2v) is 4.62. The molecule has 1 amide bonds. The van der Waals surface area contributed by atoms with E-state index in [0.717, 1.165) is 0 Å². The zero-order chi connectivity index (χ0) is 15.6. The first kappa shape index (κ1) is 14.8. The number of amides is 1. The van der Waals surface area contributed by atoms with Gasteiger partial charge in [-0.2, -0.15) is 0 Å². The molecule has 0 aliphatic carbocycles. The van der Waals surface area contributed by atoms with Crippen molar-refractivity contribution in [2.24, 2.45) is 0 Å². The first-order chi connectivity index (χ1) is 9.97. The molecule has 0 bridgehead atoms. The van der Waals surface area contributed by atoms with Gasteiger partial charge in [0.05, 0.1) is 16.6 Å². The Bertz CT molecular complexity index is 740. The summed E-state index contributed by atoms with van der Waals surface area (Å²) < 4.78 is 1.27. The third-order valence-electron chi connectivity index (χ3n) is 3.43. The highest BCUT2D eigenvalue weighted by Crippen LogP contribution is 2.13. The number of benzene rings is 1. The number of carboxylic acid groups (broad SMARTS) is 1. The van der Waals surface area contributed by atoms with Gasteiger partial charge in [0.25, 0.3) is 0 Å². The number of hydrogen-bond donors (Lipinski definition) is 2. The molecule has 21 heavy (non-hydrogen) atoms.